The van der Waals surface area contributed by atoms with Gasteiger partial charge in [-0.15, -0.1) is 0 Å². The molecule has 0 aliphatic carbocycles. The van der Waals surface area contributed by atoms with Crippen LogP contribution in [0, 0.1) is 0 Å². The normalized spacial score (nSPS) is 10.8. The molecule has 0 saturated heterocycles. The number of hydrogen-bond acceptors (Lipinski definition) is 6. The van der Waals surface area contributed by atoms with E-state index in [1.807, 2.05) is 13.8 Å². The predicted octanol–water partition coefficient (Wildman–Crippen LogP) is 2.09. The first kappa shape index (κ1) is 16.7. The second-order valence-corrected chi connectivity index (χ2v) is 5.84. The van der Waals surface area contributed by atoms with Gasteiger partial charge in [0.25, 0.3) is 5.91 Å². The highest BCUT2D eigenvalue weighted by atomic mass is 32.1. The first-order valence-corrected chi connectivity index (χ1v) is 7.66. The van der Waals surface area contributed by atoms with Gasteiger partial charge in [0.2, 0.25) is 0 Å². The highest BCUT2D eigenvalue weighted by molar-refractivity contribution is 7.18. The van der Waals surface area contributed by atoms with Gasteiger partial charge in [-0.25, -0.2) is 4.98 Å². The number of amides is 1. The zero-order valence-electron chi connectivity index (χ0n) is 12.4. The number of thiazole rings is 1. The molecular formula is C13H24N4O2S. The molecule has 1 rings (SSSR count). The Hall–Kier alpha value is -1.34. The molecule has 7 heteroatoms. The van der Waals surface area contributed by atoms with Crippen molar-refractivity contribution in [3.05, 3.63) is 4.88 Å². The maximum absolute atomic E-state index is 12.0. The number of anilines is 2. The van der Waals surface area contributed by atoms with E-state index in [1.165, 1.54) is 11.3 Å². The van der Waals surface area contributed by atoms with Crippen LogP contribution in [0.4, 0.5) is 10.9 Å². The lowest BCUT2D eigenvalue weighted by Crippen LogP contribution is -2.24. The summed E-state index contributed by atoms with van der Waals surface area (Å²) >= 11 is 1.29. The monoisotopic (exact) mass is 300 g/mol. The fourth-order valence-electron chi connectivity index (χ4n) is 1.63. The van der Waals surface area contributed by atoms with Gasteiger partial charge in [0.15, 0.2) is 5.13 Å². The highest BCUT2D eigenvalue weighted by Gasteiger charge is 2.15. The van der Waals surface area contributed by atoms with Crippen molar-refractivity contribution in [1.82, 2.24) is 10.3 Å². The molecule has 1 heterocycles. The molecule has 0 bridgehead atoms. The van der Waals surface area contributed by atoms with E-state index < -0.39 is 0 Å². The average molecular weight is 300 g/mol. The Bertz CT molecular complexity index is 421. The van der Waals surface area contributed by atoms with Gasteiger partial charge >= 0.3 is 0 Å². The molecule has 0 spiro atoms. The highest BCUT2D eigenvalue weighted by Crippen LogP contribution is 2.25. The van der Waals surface area contributed by atoms with Gasteiger partial charge < -0.3 is 21.1 Å². The van der Waals surface area contributed by atoms with E-state index in [1.54, 1.807) is 7.11 Å². The second-order valence-electron chi connectivity index (χ2n) is 4.84. The Morgan fingerprint density at radius 2 is 2.15 bits per heavy atom. The van der Waals surface area contributed by atoms with Gasteiger partial charge in [-0.1, -0.05) is 11.3 Å². The van der Waals surface area contributed by atoms with E-state index in [4.69, 9.17) is 10.5 Å². The molecule has 0 saturated carbocycles. The molecule has 0 fully saturated rings. The van der Waals surface area contributed by atoms with Crippen molar-refractivity contribution in [2.24, 2.45) is 0 Å². The van der Waals surface area contributed by atoms with E-state index >= 15 is 0 Å². The van der Waals surface area contributed by atoms with E-state index in [2.05, 4.69) is 15.6 Å². The molecule has 114 valence electrons. The molecular weight excluding hydrogens is 276 g/mol. The van der Waals surface area contributed by atoms with E-state index in [0.717, 1.165) is 25.9 Å². The van der Waals surface area contributed by atoms with Crippen molar-refractivity contribution in [2.45, 2.75) is 39.2 Å². The van der Waals surface area contributed by atoms with Gasteiger partial charge in [-0.05, 0) is 33.1 Å². The Kier molecular flexibility index (Phi) is 7.32. The molecule has 0 aliphatic rings. The first-order valence-electron chi connectivity index (χ1n) is 6.84. The quantitative estimate of drug-likeness (QED) is 0.608. The molecule has 0 aromatic carbocycles. The first-order chi connectivity index (χ1) is 9.54. The standard InChI is InChI=1S/C13H24N4O2S/c1-9(2)16-13-17-11(14)10(20-13)12(18)15-7-5-4-6-8-19-3/h9H,4-8,14H2,1-3H3,(H,15,18)(H,16,17). The maximum atomic E-state index is 12.0. The van der Waals surface area contributed by atoms with Gasteiger partial charge in [-0.2, -0.15) is 0 Å². The van der Waals surface area contributed by atoms with Crippen molar-refractivity contribution in [3.63, 3.8) is 0 Å². The Morgan fingerprint density at radius 1 is 1.40 bits per heavy atom. The molecule has 6 nitrogen and oxygen atoms in total. The lowest BCUT2D eigenvalue weighted by atomic mass is 10.2. The fourth-order valence-corrected chi connectivity index (χ4v) is 2.58. The van der Waals surface area contributed by atoms with Crippen LogP contribution in [0.2, 0.25) is 0 Å². The van der Waals surface area contributed by atoms with Gasteiger partial charge in [0.05, 0.1) is 0 Å². The SMILES string of the molecule is COCCCCCNC(=O)c1sc(NC(C)C)nc1N. The Morgan fingerprint density at radius 3 is 2.80 bits per heavy atom. The van der Waals surface area contributed by atoms with Crippen molar-refractivity contribution >= 4 is 28.2 Å². The number of aromatic nitrogens is 1. The minimum atomic E-state index is -0.149. The lowest BCUT2D eigenvalue weighted by Gasteiger charge is -2.04. The maximum Gasteiger partial charge on any atom is 0.265 e. The summed E-state index contributed by atoms with van der Waals surface area (Å²) in [6, 6.07) is 0.261. The molecule has 1 aromatic rings. The number of hydrogen-bond donors (Lipinski definition) is 3. The third kappa shape index (κ3) is 5.75. The molecule has 1 amide bonds. The molecule has 0 radical (unpaired) electrons. The van der Waals surface area contributed by atoms with Crippen molar-refractivity contribution in [2.75, 3.05) is 31.3 Å². The van der Waals surface area contributed by atoms with Crippen molar-refractivity contribution in [3.8, 4) is 0 Å². The Labute approximate surface area is 124 Å². The summed E-state index contributed by atoms with van der Waals surface area (Å²) in [5.74, 6) is 0.138. The summed E-state index contributed by atoms with van der Waals surface area (Å²) in [4.78, 5) is 16.6. The molecule has 1 aromatic heterocycles. The number of unbranched alkanes of at least 4 members (excludes halogenated alkanes) is 2. The van der Waals surface area contributed by atoms with Crippen LogP contribution < -0.4 is 16.4 Å². The summed E-state index contributed by atoms with van der Waals surface area (Å²) in [5, 5.41) is 6.69. The zero-order valence-corrected chi connectivity index (χ0v) is 13.2. The van der Waals surface area contributed by atoms with E-state index in [-0.39, 0.29) is 17.8 Å². The lowest BCUT2D eigenvalue weighted by molar-refractivity contribution is 0.0957. The van der Waals surface area contributed by atoms with Crippen LogP contribution in [-0.2, 0) is 4.74 Å². The summed E-state index contributed by atoms with van der Waals surface area (Å²) in [6.07, 6.45) is 2.98. The number of ether oxygens (including phenoxy) is 1. The fraction of sp³-hybridized carbons (Fsp3) is 0.692. The van der Waals surface area contributed by atoms with Crippen LogP contribution in [-0.4, -0.2) is 37.2 Å². The number of nitrogens with zero attached hydrogens (tertiary/aromatic N) is 1. The number of rotatable bonds is 9. The van der Waals surface area contributed by atoms with Gasteiger partial charge in [0.1, 0.15) is 10.7 Å². The second kappa shape index (κ2) is 8.76. The van der Waals surface area contributed by atoms with Crippen LogP contribution in [0.25, 0.3) is 0 Å². The van der Waals surface area contributed by atoms with Crippen LogP contribution in [0.3, 0.4) is 0 Å². The molecule has 0 unspecified atom stereocenters. The number of methoxy groups -OCH3 is 1. The third-order valence-electron chi connectivity index (χ3n) is 2.58. The smallest absolute Gasteiger partial charge is 0.265 e. The topological polar surface area (TPSA) is 89.3 Å². The molecule has 4 N–H and O–H groups in total. The molecule has 0 atom stereocenters. The summed E-state index contributed by atoms with van der Waals surface area (Å²) in [7, 11) is 1.69. The van der Waals surface area contributed by atoms with Crippen LogP contribution in [0.1, 0.15) is 42.8 Å². The summed E-state index contributed by atoms with van der Waals surface area (Å²) in [5.41, 5.74) is 5.77. The number of nitrogens with two attached hydrogens (primary N) is 1. The number of nitrogens with one attached hydrogen (secondary N) is 2. The minimum Gasteiger partial charge on any atom is -0.385 e. The predicted molar refractivity (Wildman–Crippen MR) is 83.3 cm³/mol. The molecule has 0 aliphatic heterocycles. The largest absolute Gasteiger partial charge is 0.385 e. The summed E-state index contributed by atoms with van der Waals surface area (Å²) in [6.45, 7) is 5.43. The van der Waals surface area contributed by atoms with Gasteiger partial charge in [-0.3, -0.25) is 4.79 Å². The van der Waals surface area contributed by atoms with Gasteiger partial charge in [0, 0.05) is 26.3 Å². The van der Waals surface area contributed by atoms with Crippen molar-refractivity contribution in [1.29, 1.82) is 0 Å². The minimum absolute atomic E-state index is 0.149. The van der Waals surface area contributed by atoms with E-state index in [0.29, 0.717) is 16.6 Å². The summed E-state index contributed by atoms with van der Waals surface area (Å²) < 4.78 is 4.97. The Balaban J connectivity index is 2.37. The third-order valence-corrected chi connectivity index (χ3v) is 3.58. The van der Waals surface area contributed by atoms with E-state index in [9.17, 15) is 4.79 Å². The van der Waals surface area contributed by atoms with Crippen LogP contribution in [0.5, 0.6) is 0 Å². The number of nitrogen functional groups attached to an aromatic ring is 1. The zero-order chi connectivity index (χ0) is 15.0. The number of carbonyl (C=O) groups is 1. The van der Waals surface area contributed by atoms with Crippen LogP contribution in [0.15, 0.2) is 0 Å². The number of carbonyl (C=O) groups excluding carboxylic acids is 1. The average Bonchev–Trinajstić information content (AvgIpc) is 2.73. The molecule has 20 heavy (non-hydrogen) atoms. The van der Waals surface area contributed by atoms with Crippen molar-refractivity contribution < 1.29 is 9.53 Å². The van der Waals surface area contributed by atoms with Crippen LogP contribution >= 0.6 is 11.3 Å².